The summed E-state index contributed by atoms with van der Waals surface area (Å²) in [7, 11) is 3.25. The molecule has 0 atom stereocenters. The first-order valence-electron chi connectivity index (χ1n) is 10.0. The van der Waals surface area contributed by atoms with Gasteiger partial charge in [-0.25, -0.2) is 4.98 Å². The smallest absolute Gasteiger partial charge is 0.256 e. The summed E-state index contributed by atoms with van der Waals surface area (Å²) < 4.78 is 10.5. The van der Waals surface area contributed by atoms with Gasteiger partial charge in [-0.1, -0.05) is 11.6 Å². The molecule has 1 aromatic heterocycles. The first kappa shape index (κ1) is 20.4. The highest BCUT2D eigenvalue weighted by Crippen LogP contribution is 2.29. The highest BCUT2D eigenvalue weighted by atomic mass is 16.5. The maximum Gasteiger partial charge on any atom is 0.256 e. The van der Waals surface area contributed by atoms with Crippen LogP contribution in [0.25, 0.3) is 22.2 Å². The van der Waals surface area contributed by atoms with E-state index >= 15 is 0 Å². The maximum atomic E-state index is 13.3. The molecule has 0 aliphatic rings. The quantitative estimate of drug-likeness (QED) is 0.451. The van der Waals surface area contributed by atoms with E-state index in [1.54, 1.807) is 14.2 Å². The van der Waals surface area contributed by atoms with E-state index in [0.717, 1.165) is 44.8 Å². The fourth-order valence-electron chi connectivity index (χ4n) is 3.65. The first-order valence-corrected chi connectivity index (χ1v) is 10.0. The van der Waals surface area contributed by atoms with Crippen LogP contribution in [0, 0.1) is 13.8 Å². The molecule has 0 aliphatic carbocycles. The van der Waals surface area contributed by atoms with Gasteiger partial charge in [0.2, 0.25) is 0 Å². The van der Waals surface area contributed by atoms with Gasteiger partial charge in [0.15, 0.2) is 0 Å². The third-order valence-corrected chi connectivity index (χ3v) is 5.23. The minimum atomic E-state index is -0.183. The van der Waals surface area contributed by atoms with Crippen LogP contribution in [0.5, 0.6) is 11.5 Å². The summed E-state index contributed by atoms with van der Waals surface area (Å²) in [6, 6.07) is 20.9. The van der Waals surface area contributed by atoms with Gasteiger partial charge in [0, 0.05) is 16.6 Å². The summed E-state index contributed by atoms with van der Waals surface area (Å²) in [6.45, 7) is 4.04. The number of carbonyl (C=O) groups excluding carboxylic acids is 1. The molecule has 4 rings (SSSR count). The van der Waals surface area contributed by atoms with Crippen molar-refractivity contribution in [3.05, 3.63) is 83.4 Å². The van der Waals surface area contributed by atoms with Gasteiger partial charge >= 0.3 is 0 Å². The van der Waals surface area contributed by atoms with Crippen molar-refractivity contribution in [2.45, 2.75) is 13.8 Å². The topological polar surface area (TPSA) is 60.5 Å². The standard InChI is InChI=1S/C26H24N2O3/c1-16-13-17(2)25-22(14-16)23(26(29)27-19-7-11-21(31-4)12-8-19)15-24(28-25)18-5-9-20(30-3)10-6-18/h5-15H,1-4H3,(H,27,29). The number of hydrogen-bond donors (Lipinski definition) is 1. The Bertz CT molecular complexity index is 1250. The third kappa shape index (κ3) is 4.21. The molecule has 5 nitrogen and oxygen atoms in total. The van der Waals surface area contributed by atoms with E-state index in [0.29, 0.717) is 11.3 Å². The van der Waals surface area contributed by atoms with Crippen LogP contribution in [0.3, 0.4) is 0 Å². The number of benzene rings is 3. The number of pyridine rings is 1. The summed E-state index contributed by atoms with van der Waals surface area (Å²) >= 11 is 0. The number of aromatic nitrogens is 1. The van der Waals surface area contributed by atoms with Gasteiger partial charge in [-0.2, -0.15) is 0 Å². The van der Waals surface area contributed by atoms with Crippen molar-refractivity contribution in [2.75, 3.05) is 19.5 Å². The summed E-state index contributed by atoms with van der Waals surface area (Å²) in [5.74, 6) is 1.33. The Morgan fingerprint density at radius 1 is 0.839 bits per heavy atom. The zero-order chi connectivity index (χ0) is 22.0. The van der Waals surface area contributed by atoms with Crippen molar-refractivity contribution >= 4 is 22.5 Å². The molecule has 0 aliphatic heterocycles. The number of nitrogens with one attached hydrogen (secondary N) is 1. The molecule has 5 heteroatoms. The second kappa shape index (κ2) is 8.48. The fraction of sp³-hybridized carbons (Fsp3) is 0.154. The SMILES string of the molecule is COc1ccc(NC(=O)c2cc(-c3ccc(OC)cc3)nc3c(C)cc(C)cc23)cc1. The van der Waals surface area contributed by atoms with Crippen molar-refractivity contribution in [1.82, 2.24) is 4.98 Å². The number of fused-ring (bicyclic) bond motifs is 1. The molecule has 1 N–H and O–H groups in total. The number of amides is 1. The zero-order valence-corrected chi connectivity index (χ0v) is 18.0. The molecule has 4 aromatic rings. The molecule has 0 fully saturated rings. The summed E-state index contributed by atoms with van der Waals surface area (Å²) in [5, 5.41) is 3.83. The average molecular weight is 412 g/mol. The molecule has 31 heavy (non-hydrogen) atoms. The van der Waals surface area contributed by atoms with Crippen molar-refractivity contribution in [1.29, 1.82) is 0 Å². The van der Waals surface area contributed by atoms with Gasteiger partial charge in [0.1, 0.15) is 11.5 Å². The second-order valence-electron chi connectivity index (χ2n) is 7.44. The monoisotopic (exact) mass is 412 g/mol. The molecule has 0 radical (unpaired) electrons. The molecule has 3 aromatic carbocycles. The number of methoxy groups -OCH3 is 2. The van der Waals surface area contributed by atoms with Crippen LogP contribution in [-0.2, 0) is 0 Å². The molecular weight excluding hydrogens is 388 g/mol. The van der Waals surface area contributed by atoms with Gasteiger partial charge in [0.05, 0.1) is 31.0 Å². The van der Waals surface area contributed by atoms with E-state index in [2.05, 4.69) is 11.4 Å². The van der Waals surface area contributed by atoms with Crippen LogP contribution in [0.2, 0.25) is 0 Å². The molecule has 156 valence electrons. The second-order valence-corrected chi connectivity index (χ2v) is 7.44. The molecule has 0 unspecified atom stereocenters. The predicted molar refractivity (Wildman–Crippen MR) is 124 cm³/mol. The van der Waals surface area contributed by atoms with Crippen molar-refractivity contribution < 1.29 is 14.3 Å². The largest absolute Gasteiger partial charge is 0.497 e. The highest BCUT2D eigenvalue weighted by Gasteiger charge is 2.16. The number of rotatable bonds is 5. The van der Waals surface area contributed by atoms with E-state index in [4.69, 9.17) is 14.5 Å². The summed E-state index contributed by atoms with van der Waals surface area (Å²) in [6.07, 6.45) is 0. The number of aryl methyl sites for hydroxylation is 2. The number of carbonyl (C=O) groups is 1. The highest BCUT2D eigenvalue weighted by molar-refractivity contribution is 6.13. The van der Waals surface area contributed by atoms with Gasteiger partial charge < -0.3 is 14.8 Å². The number of nitrogens with zero attached hydrogens (tertiary/aromatic N) is 1. The van der Waals surface area contributed by atoms with E-state index in [-0.39, 0.29) is 5.91 Å². The molecule has 0 spiro atoms. The number of hydrogen-bond acceptors (Lipinski definition) is 4. The van der Waals surface area contributed by atoms with Gasteiger partial charge in [0.25, 0.3) is 5.91 Å². The first-order chi connectivity index (χ1) is 15.0. The molecule has 1 heterocycles. The van der Waals surface area contributed by atoms with Crippen LogP contribution in [0.15, 0.2) is 66.7 Å². The third-order valence-electron chi connectivity index (χ3n) is 5.23. The van der Waals surface area contributed by atoms with Crippen molar-refractivity contribution in [2.24, 2.45) is 0 Å². The van der Waals surface area contributed by atoms with Crippen molar-refractivity contribution in [3.8, 4) is 22.8 Å². The zero-order valence-electron chi connectivity index (χ0n) is 18.0. The average Bonchev–Trinajstić information content (AvgIpc) is 2.79. The van der Waals surface area contributed by atoms with Gasteiger partial charge in [-0.3, -0.25) is 4.79 Å². The molecule has 1 amide bonds. The molecular formula is C26H24N2O3. The molecule has 0 saturated carbocycles. The predicted octanol–water partition coefficient (Wildman–Crippen LogP) is 5.79. The normalized spacial score (nSPS) is 10.7. The minimum absolute atomic E-state index is 0.183. The Morgan fingerprint density at radius 3 is 2.06 bits per heavy atom. The molecule has 0 saturated heterocycles. The lowest BCUT2D eigenvalue weighted by Crippen LogP contribution is -2.13. The number of anilines is 1. The summed E-state index contributed by atoms with van der Waals surface area (Å²) in [4.78, 5) is 18.2. The van der Waals surface area contributed by atoms with Crippen LogP contribution in [0.4, 0.5) is 5.69 Å². The van der Waals surface area contributed by atoms with E-state index < -0.39 is 0 Å². The van der Waals surface area contributed by atoms with Gasteiger partial charge in [-0.15, -0.1) is 0 Å². The lowest BCUT2D eigenvalue weighted by atomic mass is 9.99. The Balaban J connectivity index is 1.81. The minimum Gasteiger partial charge on any atom is -0.497 e. The maximum absolute atomic E-state index is 13.3. The lowest BCUT2D eigenvalue weighted by molar-refractivity contribution is 0.102. The Kier molecular flexibility index (Phi) is 5.58. The van der Waals surface area contributed by atoms with E-state index in [9.17, 15) is 4.79 Å². The van der Waals surface area contributed by atoms with E-state index in [1.807, 2.05) is 74.5 Å². The van der Waals surface area contributed by atoms with E-state index in [1.165, 1.54) is 0 Å². The van der Waals surface area contributed by atoms with Crippen LogP contribution in [-0.4, -0.2) is 25.1 Å². The number of ether oxygens (including phenoxy) is 2. The van der Waals surface area contributed by atoms with Crippen LogP contribution >= 0.6 is 0 Å². The van der Waals surface area contributed by atoms with Crippen molar-refractivity contribution in [3.63, 3.8) is 0 Å². The van der Waals surface area contributed by atoms with Crippen LogP contribution < -0.4 is 14.8 Å². The Morgan fingerprint density at radius 2 is 1.45 bits per heavy atom. The van der Waals surface area contributed by atoms with Crippen LogP contribution in [0.1, 0.15) is 21.5 Å². The fourth-order valence-corrected chi connectivity index (χ4v) is 3.65. The summed E-state index contributed by atoms with van der Waals surface area (Å²) in [5.41, 5.74) is 5.87. The van der Waals surface area contributed by atoms with Gasteiger partial charge in [-0.05, 0) is 80.1 Å². The Labute approximate surface area is 181 Å². The molecule has 0 bridgehead atoms. The Hall–Kier alpha value is -3.86. The lowest BCUT2D eigenvalue weighted by Gasteiger charge is -2.13.